The Labute approximate surface area is 93.1 Å². The van der Waals surface area contributed by atoms with Crippen LogP contribution in [0.5, 0.6) is 0 Å². The molecule has 82 valence electrons. The summed E-state index contributed by atoms with van der Waals surface area (Å²) in [6.07, 6.45) is 9.73. The molecule has 0 atom stereocenters. The predicted octanol–water partition coefficient (Wildman–Crippen LogP) is 3.29. The van der Waals surface area contributed by atoms with Crippen molar-refractivity contribution in [3.05, 3.63) is 12.2 Å². The van der Waals surface area contributed by atoms with Gasteiger partial charge in [0.05, 0.1) is 0 Å². The second-order valence-corrected chi connectivity index (χ2v) is 4.79. The Morgan fingerprint density at radius 3 is 2.43 bits per heavy atom. The second-order valence-electron chi connectivity index (χ2n) is 4.48. The van der Waals surface area contributed by atoms with Crippen LogP contribution in [0.3, 0.4) is 0 Å². The fourth-order valence-corrected chi connectivity index (χ4v) is 2.26. The maximum absolute atomic E-state index is 5.58. The number of nitrogens with zero attached hydrogens (tertiary/aromatic N) is 1. The summed E-state index contributed by atoms with van der Waals surface area (Å²) in [5.41, 5.74) is 0. The van der Waals surface area contributed by atoms with Gasteiger partial charge in [-0.05, 0) is 38.6 Å². The van der Waals surface area contributed by atoms with Gasteiger partial charge >= 0.3 is 0 Å². The summed E-state index contributed by atoms with van der Waals surface area (Å²) in [5, 5.41) is 0. The van der Waals surface area contributed by atoms with E-state index in [9.17, 15) is 0 Å². The fourth-order valence-electron chi connectivity index (χ4n) is 2.14. The number of likely N-dealkylation sites (N-methyl/N-ethyl adjacent to an activating group) is 1. The van der Waals surface area contributed by atoms with Crippen molar-refractivity contribution in [2.45, 2.75) is 38.6 Å². The molecule has 0 radical (unpaired) electrons. The summed E-state index contributed by atoms with van der Waals surface area (Å²) in [4.78, 5) is 2.45. The van der Waals surface area contributed by atoms with Crippen LogP contribution in [-0.2, 0) is 0 Å². The zero-order chi connectivity index (χ0) is 10.4. The predicted molar refractivity (Wildman–Crippen MR) is 63.9 cm³/mol. The molecule has 0 spiro atoms. The van der Waals surface area contributed by atoms with Crippen LogP contribution >= 0.6 is 11.6 Å². The highest BCUT2D eigenvalue weighted by Gasteiger charge is 2.20. The minimum atomic E-state index is 0.634. The van der Waals surface area contributed by atoms with Gasteiger partial charge in [0, 0.05) is 18.5 Å². The summed E-state index contributed by atoms with van der Waals surface area (Å²) in [7, 11) is 2.22. The molecule has 1 aliphatic carbocycles. The van der Waals surface area contributed by atoms with Gasteiger partial charge in [-0.1, -0.05) is 19.1 Å². The van der Waals surface area contributed by atoms with Gasteiger partial charge in [0.1, 0.15) is 0 Å². The molecule has 0 bridgehead atoms. The van der Waals surface area contributed by atoms with E-state index in [0.717, 1.165) is 18.5 Å². The SMILES string of the molecule is CC1CCC(N(C)CC=CCCl)CC1. The first kappa shape index (κ1) is 12.1. The van der Waals surface area contributed by atoms with E-state index in [1.165, 1.54) is 25.7 Å². The van der Waals surface area contributed by atoms with Crippen molar-refractivity contribution in [1.29, 1.82) is 0 Å². The van der Waals surface area contributed by atoms with Gasteiger partial charge in [-0.25, -0.2) is 0 Å². The molecule has 1 rings (SSSR count). The molecule has 0 amide bonds. The molecule has 0 saturated heterocycles. The summed E-state index contributed by atoms with van der Waals surface area (Å²) in [6.45, 7) is 3.41. The number of alkyl halides is 1. The largest absolute Gasteiger partial charge is 0.300 e. The van der Waals surface area contributed by atoms with Crippen LogP contribution in [0.4, 0.5) is 0 Å². The van der Waals surface area contributed by atoms with Gasteiger partial charge in [0.2, 0.25) is 0 Å². The van der Waals surface area contributed by atoms with Crippen LogP contribution in [0.1, 0.15) is 32.6 Å². The monoisotopic (exact) mass is 215 g/mol. The maximum Gasteiger partial charge on any atom is 0.0404 e. The number of rotatable bonds is 4. The molecule has 0 aromatic carbocycles. The van der Waals surface area contributed by atoms with E-state index >= 15 is 0 Å². The number of halogens is 1. The van der Waals surface area contributed by atoms with Crippen molar-refractivity contribution >= 4 is 11.6 Å². The number of allylic oxidation sites excluding steroid dienone is 1. The molecule has 0 unspecified atom stereocenters. The van der Waals surface area contributed by atoms with Crippen molar-refractivity contribution < 1.29 is 0 Å². The first-order valence-corrected chi connectivity index (χ1v) is 6.18. The minimum absolute atomic E-state index is 0.634. The van der Waals surface area contributed by atoms with Gasteiger partial charge in [-0.15, -0.1) is 11.6 Å². The molecule has 2 heteroatoms. The van der Waals surface area contributed by atoms with E-state index in [0.29, 0.717) is 5.88 Å². The molecule has 0 aliphatic heterocycles. The van der Waals surface area contributed by atoms with E-state index in [4.69, 9.17) is 11.6 Å². The smallest absolute Gasteiger partial charge is 0.0404 e. The average Bonchev–Trinajstić information content (AvgIpc) is 2.19. The topological polar surface area (TPSA) is 3.24 Å². The lowest BCUT2D eigenvalue weighted by Gasteiger charge is -2.32. The summed E-state index contributed by atoms with van der Waals surface area (Å²) >= 11 is 5.58. The second kappa shape index (κ2) is 6.47. The standard InChI is InChI=1S/C12H22ClN/c1-11-5-7-12(8-6-11)14(2)10-4-3-9-13/h3-4,11-12H,5-10H2,1-2H3. The summed E-state index contributed by atoms with van der Waals surface area (Å²) < 4.78 is 0. The van der Waals surface area contributed by atoms with Crippen LogP contribution in [0, 0.1) is 5.92 Å². The van der Waals surface area contributed by atoms with E-state index < -0.39 is 0 Å². The molecule has 1 nitrogen and oxygen atoms in total. The molecule has 0 heterocycles. The molecule has 0 aromatic heterocycles. The molecule has 1 aliphatic rings. The molecule has 0 N–H and O–H groups in total. The van der Waals surface area contributed by atoms with Gasteiger partial charge in [-0.2, -0.15) is 0 Å². The highest BCUT2D eigenvalue weighted by Crippen LogP contribution is 2.26. The first-order chi connectivity index (χ1) is 6.74. The summed E-state index contributed by atoms with van der Waals surface area (Å²) in [5.74, 6) is 1.58. The molecule has 1 fully saturated rings. The molecule has 0 aromatic rings. The molecule has 1 saturated carbocycles. The third-order valence-corrected chi connectivity index (χ3v) is 3.44. The quantitative estimate of drug-likeness (QED) is 0.514. The Morgan fingerprint density at radius 1 is 1.21 bits per heavy atom. The normalized spacial score (nSPS) is 28.9. The average molecular weight is 216 g/mol. The van der Waals surface area contributed by atoms with E-state index in [1.54, 1.807) is 0 Å². The lowest BCUT2D eigenvalue weighted by atomic mass is 9.87. The number of hydrogen-bond acceptors (Lipinski definition) is 1. The van der Waals surface area contributed by atoms with Crippen molar-refractivity contribution in [3.63, 3.8) is 0 Å². The minimum Gasteiger partial charge on any atom is -0.300 e. The van der Waals surface area contributed by atoms with Gasteiger partial charge in [0.15, 0.2) is 0 Å². The van der Waals surface area contributed by atoms with E-state index in [-0.39, 0.29) is 0 Å². The molecule has 14 heavy (non-hydrogen) atoms. The molecular weight excluding hydrogens is 194 g/mol. The van der Waals surface area contributed by atoms with E-state index in [2.05, 4.69) is 24.9 Å². The Morgan fingerprint density at radius 2 is 1.86 bits per heavy atom. The fraction of sp³-hybridized carbons (Fsp3) is 0.833. The van der Waals surface area contributed by atoms with E-state index in [1.807, 2.05) is 6.08 Å². The maximum atomic E-state index is 5.58. The Kier molecular flexibility index (Phi) is 5.57. The van der Waals surface area contributed by atoms with Crippen molar-refractivity contribution in [2.75, 3.05) is 19.5 Å². The third-order valence-electron chi connectivity index (χ3n) is 3.26. The van der Waals surface area contributed by atoms with Crippen molar-refractivity contribution in [1.82, 2.24) is 4.90 Å². The molecular formula is C12H22ClN. The van der Waals surface area contributed by atoms with Crippen LogP contribution in [0.15, 0.2) is 12.2 Å². The first-order valence-electron chi connectivity index (χ1n) is 5.65. The van der Waals surface area contributed by atoms with Crippen molar-refractivity contribution in [2.24, 2.45) is 5.92 Å². The summed E-state index contributed by atoms with van der Waals surface area (Å²) in [6, 6.07) is 0.797. The lowest BCUT2D eigenvalue weighted by molar-refractivity contribution is 0.184. The third kappa shape index (κ3) is 4.02. The zero-order valence-corrected chi connectivity index (χ0v) is 10.1. The van der Waals surface area contributed by atoms with Crippen LogP contribution in [0.25, 0.3) is 0 Å². The Hall–Kier alpha value is -0.0100. The van der Waals surface area contributed by atoms with Gasteiger partial charge in [-0.3, -0.25) is 4.90 Å². The van der Waals surface area contributed by atoms with Crippen LogP contribution in [-0.4, -0.2) is 30.4 Å². The van der Waals surface area contributed by atoms with Gasteiger partial charge < -0.3 is 0 Å². The van der Waals surface area contributed by atoms with Gasteiger partial charge in [0.25, 0.3) is 0 Å². The lowest BCUT2D eigenvalue weighted by Crippen LogP contribution is -2.34. The highest BCUT2D eigenvalue weighted by atomic mass is 35.5. The van der Waals surface area contributed by atoms with Crippen LogP contribution < -0.4 is 0 Å². The zero-order valence-electron chi connectivity index (χ0n) is 9.38. The number of hydrogen-bond donors (Lipinski definition) is 0. The highest BCUT2D eigenvalue weighted by molar-refractivity contribution is 6.18. The van der Waals surface area contributed by atoms with Crippen molar-refractivity contribution in [3.8, 4) is 0 Å². The Bertz CT molecular complexity index is 171. The van der Waals surface area contributed by atoms with Crippen LogP contribution in [0.2, 0.25) is 0 Å². The Balaban J connectivity index is 2.23.